The summed E-state index contributed by atoms with van der Waals surface area (Å²) < 4.78 is 30.8. The van der Waals surface area contributed by atoms with Crippen LogP contribution >= 0.6 is 0 Å². The van der Waals surface area contributed by atoms with Crippen LogP contribution in [-0.4, -0.2) is 17.0 Å². The lowest BCUT2D eigenvalue weighted by Crippen LogP contribution is -2.23. The van der Waals surface area contributed by atoms with E-state index < -0.39 is 24.7 Å². The number of halogens is 2. The van der Waals surface area contributed by atoms with Gasteiger partial charge in [-0.2, -0.15) is 0 Å². The second-order valence-corrected chi connectivity index (χ2v) is 3.12. The van der Waals surface area contributed by atoms with Gasteiger partial charge in [-0.1, -0.05) is 0 Å². The molecule has 0 aliphatic heterocycles. The highest BCUT2D eigenvalue weighted by molar-refractivity contribution is 5.67. The molecule has 0 atom stereocenters. The molecule has 1 rings (SSSR count). The molecule has 0 saturated heterocycles. The van der Waals surface area contributed by atoms with E-state index in [-0.39, 0.29) is 5.76 Å². The molecular weight excluding hydrogens is 194 g/mol. The summed E-state index contributed by atoms with van der Waals surface area (Å²) in [7, 11) is 0. The molecule has 1 aromatic heterocycles. The zero-order valence-corrected chi connectivity index (χ0v) is 7.59. The highest BCUT2D eigenvalue weighted by Crippen LogP contribution is 2.24. The molecule has 0 aliphatic rings. The number of carboxylic acid groups (broad SMARTS) is 1. The van der Waals surface area contributed by atoms with E-state index in [4.69, 9.17) is 9.52 Å². The highest BCUT2D eigenvalue weighted by Gasteiger charge is 2.33. The van der Waals surface area contributed by atoms with Gasteiger partial charge in [-0.15, -0.1) is 0 Å². The Labute approximate surface area is 79.3 Å². The summed E-state index contributed by atoms with van der Waals surface area (Å²) >= 11 is 0. The highest BCUT2D eigenvalue weighted by atomic mass is 19.3. The quantitative estimate of drug-likeness (QED) is 0.818. The van der Waals surface area contributed by atoms with Crippen molar-refractivity contribution >= 4 is 5.97 Å². The molecule has 1 N–H and O–H groups in total. The molecule has 0 bridgehead atoms. The Hall–Kier alpha value is -1.39. The van der Waals surface area contributed by atoms with Crippen LogP contribution in [0.2, 0.25) is 0 Å². The van der Waals surface area contributed by atoms with E-state index in [9.17, 15) is 13.6 Å². The molecule has 0 saturated carbocycles. The summed E-state index contributed by atoms with van der Waals surface area (Å²) in [6.07, 6.45) is -1.85. The van der Waals surface area contributed by atoms with Crippen molar-refractivity contribution in [1.29, 1.82) is 0 Å². The number of hydrogen-bond donors (Lipinski definition) is 1. The Morgan fingerprint density at radius 2 is 2.21 bits per heavy atom. The van der Waals surface area contributed by atoms with Gasteiger partial charge in [0, 0.05) is 0 Å². The first kappa shape index (κ1) is 10.7. The molecule has 0 amide bonds. The largest absolute Gasteiger partial charge is 0.481 e. The van der Waals surface area contributed by atoms with Crippen LogP contribution in [0.4, 0.5) is 8.78 Å². The molecule has 0 aromatic carbocycles. The summed E-state index contributed by atoms with van der Waals surface area (Å²) in [6.45, 7) is 1.64. The van der Waals surface area contributed by atoms with Crippen LogP contribution in [0, 0.1) is 6.92 Å². The molecule has 14 heavy (non-hydrogen) atoms. The Bertz CT molecular complexity index is 331. The average molecular weight is 204 g/mol. The Morgan fingerprint density at radius 3 is 2.64 bits per heavy atom. The summed E-state index contributed by atoms with van der Waals surface area (Å²) in [5.74, 6) is -4.13. The van der Waals surface area contributed by atoms with Gasteiger partial charge in [0.05, 0.1) is 6.42 Å². The molecule has 0 fully saturated rings. The Balaban J connectivity index is 2.63. The third-order valence-corrected chi connectivity index (χ3v) is 1.64. The fourth-order valence-electron chi connectivity index (χ4n) is 1.12. The number of aliphatic carboxylic acids is 1. The molecule has 1 heterocycles. The lowest BCUT2D eigenvalue weighted by Gasteiger charge is -2.11. The maximum absolute atomic E-state index is 12.9. The number of carboxylic acids is 1. The second kappa shape index (κ2) is 3.77. The molecule has 1 aromatic rings. The maximum Gasteiger partial charge on any atom is 0.309 e. The van der Waals surface area contributed by atoms with Gasteiger partial charge >= 0.3 is 5.97 Å². The maximum atomic E-state index is 12.9. The van der Waals surface area contributed by atoms with Crippen LogP contribution in [-0.2, 0) is 11.2 Å². The van der Waals surface area contributed by atoms with Crippen molar-refractivity contribution in [1.82, 2.24) is 0 Å². The first-order valence-electron chi connectivity index (χ1n) is 4.04. The minimum Gasteiger partial charge on any atom is -0.481 e. The van der Waals surface area contributed by atoms with Crippen molar-refractivity contribution < 1.29 is 23.1 Å². The summed E-state index contributed by atoms with van der Waals surface area (Å²) in [6, 6.07) is 2.98. The number of furan rings is 1. The van der Waals surface area contributed by atoms with E-state index in [1.54, 1.807) is 13.0 Å². The lowest BCUT2D eigenvalue weighted by molar-refractivity contribution is -0.144. The van der Waals surface area contributed by atoms with Gasteiger partial charge in [0.25, 0.3) is 5.92 Å². The van der Waals surface area contributed by atoms with Crippen LogP contribution in [0.25, 0.3) is 0 Å². The fourth-order valence-corrected chi connectivity index (χ4v) is 1.12. The lowest BCUT2D eigenvalue weighted by atomic mass is 10.1. The summed E-state index contributed by atoms with van der Waals surface area (Å²) in [5, 5.41) is 8.22. The van der Waals surface area contributed by atoms with Crippen LogP contribution in [0.3, 0.4) is 0 Å². The monoisotopic (exact) mass is 204 g/mol. The molecule has 78 valence electrons. The smallest absolute Gasteiger partial charge is 0.309 e. The van der Waals surface area contributed by atoms with Crippen LogP contribution in [0.15, 0.2) is 16.5 Å². The van der Waals surface area contributed by atoms with Crippen molar-refractivity contribution in [2.24, 2.45) is 0 Å². The molecule has 0 unspecified atom stereocenters. The van der Waals surface area contributed by atoms with E-state index in [1.807, 2.05) is 0 Å². The van der Waals surface area contributed by atoms with Crippen molar-refractivity contribution in [2.45, 2.75) is 25.7 Å². The topological polar surface area (TPSA) is 50.4 Å². The molecule has 0 radical (unpaired) electrons. The van der Waals surface area contributed by atoms with Gasteiger partial charge in [0.2, 0.25) is 0 Å². The first-order chi connectivity index (χ1) is 6.39. The molecular formula is C9H10F2O3. The third kappa shape index (κ3) is 3.16. The van der Waals surface area contributed by atoms with Crippen molar-refractivity contribution in [3.8, 4) is 0 Å². The predicted molar refractivity (Wildman–Crippen MR) is 44.3 cm³/mol. The van der Waals surface area contributed by atoms with Crippen molar-refractivity contribution in [3.63, 3.8) is 0 Å². The normalized spacial score (nSPS) is 11.6. The molecule has 5 heteroatoms. The van der Waals surface area contributed by atoms with E-state index in [0.717, 1.165) is 0 Å². The van der Waals surface area contributed by atoms with E-state index >= 15 is 0 Å². The Kier molecular flexibility index (Phi) is 2.88. The van der Waals surface area contributed by atoms with Crippen LogP contribution in [0.5, 0.6) is 0 Å². The van der Waals surface area contributed by atoms with Crippen LogP contribution in [0.1, 0.15) is 17.9 Å². The van der Waals surface area contributed by atoms with Gasteiger partial charge in [0.1, 0.15) is 17.9 Å². The standard InChI is InChI=1S/C9H10F2O3/c1-6-2-3-7(14-6)4-9(10,11)5-8(12)13/h2-3H,4-5H2,1H3,(H,12,13). The zero-order chi connectivity index (χ0) is 10.8. The van der Waals surface area contributed by atoms with Gasteiger partial charge in [0.15, 0.2) is 0 Å². The number of rotatable bonds is 4. The summed E-state index contributed by atoms with van der Waals surface area (Å²) in [4.78, 5) is 10.1. The number of carbonyl (C=O) groups is 1. The van der Waals surface area contributed by atoms with Gasteiger partial charge in [-0.3, -0.25) is 4.79 Å². The minimum atomic E-state index is -3.25. The molecule has 0 spiro atoms. The number of hydrogen-bond acceptors (Lipinski definition) is 2. The van der Waals surface area contributed by atoms with Crippen molar-refractivity contribution in [3.05, 3.63) is 23.7 Å². The third-order valence-electron chi connectivity index (χ3n) is 1.64. The predicted octanol–water partition coefficient (Wildman–Crippen LogP) is 2.24. The number of alkyl halides is 2. The van der Waals surface area contributed by atoms with E-state index in [1.165, 1.54) is 6.07 Å². The Morgan fingerprint density at radius 1 is 1.57 bits per heavy atom. The average Bonchev–Trinajstić information content (AvgIpc) is 2.30. The summed E-state index contributed by atoms with van der Waals surface area (Å²) in [5.41, 5.74) is 0. The SMILES string of the molecule is Cc1ccc(CC(F)(F)CC(=O)O)o1. The number of aryl methyl sites for hydroxylation is 1. The van der Waals surface area contributed by atoms with E-state index in [0.29, 0.717) is 5.76 Å². The van der Waals surface area contributed by atoms with Gasteiger partial charge in [-0.25, -0.2) is 8.78 Å². The van der Waals surface area contributed by atoms with Gasteiger partial charge in [-0.05, 0) is 19.1 Å². The second-order valence-electron chi connectivity index (χ2n) is 3.12. The van der Waals surface area contributed by atoms with Gasteiger partial charge < -0.3 is 9.52 Å². The zero-order valence-electron chi connectivity index (χ0n) is 7.59. The van der Waals surface area contributed by atoms with Crippen molar-refractivity contribution in [2.75, 3.05) is 0 Å². The van der Waals surface area contributed by atoms with E-state index in [2.05, 4.69) is 0 Å². The first-order valence-corrected chi connectivity index (χ1v) is 4.04. The molecule has 0 aliphatic carbocycles. The minimum absolute atomic E-state index is 0.105. The molecule has 3 nitrogen and oxygen atoms in total. The fraction of sp³-hybridized carbons (Fsp3) is 0.444. The van der Waals surface area contributed by atoms with Crippen LogP contribution < -0.4 is 0 Å².